The molecule has 2 rings (SSSR count). The van der Waals surface area contributed by atoms with Crippen molar-refractivity contribution in [1.29, 1.82) is 0 Å². The fourth-order valence-electron chi connectivity index (χ4n) is 2.21. The van der Waals surface area contributed by atoms with Crippen molar-refractivity contribution in [1.82, 2.24) is 5.32 Å². The van der Waals surface area contributed by atoms with Crippen LogP contribution in [0, 0.1) is 17.6 Å². The minimum atomic E-state index is -0.928. The Kier molecular flexibility index (Phi) is 4.55. The highest BCUT2D eigenvalue weighted by Crippen LogP contribution is 2.49. The van der Waals surface area contributed by atoms with Gasteiger partial charge >= 0.3 is 5.97 Å². The van der Waals surface area contributed by atoms with E-state index in [-0.39, 0.29) is 30.0 Å². The van der Waals surface area contributed by atoms with Crippen molar-refractivity contribution in [3.8, 4) is 0 Å². The number of ether oxygens (including phenoxy) is 1. The summed E-state index contributed by atoms with van der Waals surface area (Å²) in [6, 6.07) is 3.86. The van der Waals surface area contributed by atoms with Gasteiger partial charge in [-0.2, -0.15) is 0 Å². The van der Waals surface area contributed by atoms with Crippen LogP contribution in [0.1, 0.15) is 31.7 Å². The van der Waals surface area contributed by atoms with Crippen LogP contribution in [0.15, 0.2) is 18.2 Å². The molecule has 1 aliphatic carbocycles. The first-order valence-electron chi connectivity index (χ1n) is 6.80. The van der Waals surface area contributed by atoms with Crippen LogP contribution in [-0.4, -0.2) is 24.5 Å². The number of hydrogen-bond donors (Lipinski definition) is 1. The largest absolute Gasteiger partial charge is 0.455 e. The van der Waals surface area contributed by atoms with Crippen LogP contribution in [0.3, 0.4) is 0 Å². The van der Waals surface area contributed by atoms with Crippen LogP contribution in [-0.2, 0) is 14.3 Å². The van der Waals surface area contributed by atoms with Gasteiger partial charge in [0.15, 0.2) is 18.2 Å². The molecule has 1 aromatic carbocycles. The maximum Gasteiger partial charge on any atom is 0.310 e. The minimum Gasteiger partial charge on any atom is -0.455 e. The molecule has 2 unspecified atom stereocenters. The van der Waals surface area contributed by atoms with Gasteiger partial charge in [0.1, 0.15) is 0 Å². The summed E-state index contributed by atoms with van der Waals surface area (Å²) in [6.07, 6.45) is 0.408. The van der Waals surface area contributed by atoms with Crippen LogP contribution in [0.2, 0.25) is 0 Å². The summed E-state index contributed by atoms with van der Waals surface area (Å²) in [6.45, 7) is 3.23. The number of esters is 1. The summed E-state index contributed by atoms with van der Waals surface area (Å²) >= 11 is 0. The molecule has 114 valence electrons. The highest BCUT2D eigenvalue weighted by atomic mass is 19.2. The standard InChI is InChI=1S/C15H17F2NO3/c1-8(2)18-13(19)7-21-15(20)11-6-10(11)9-4-3-5-12(16)14(9)17/h3-5,8,10-11H,6-7H2,1-2H3,(H,18,19). The van der Waals surface area contributed by atoms with Gasteiger partial charge in [0.05, 0.1) is 5.92 Å². The second-order valence-corrected chi connectivity index (χ2v) is 5.42. The van der Waals surface area contributed by atoms with E-state index in [4.69, 9.17) is 4.74 Å². The van der Waals surface area contributed by atoms with Crippen molar-refractivity contribution < 1.29 is 23.1 Å². The van der Waals surface area contributed by atoms with E-state index in [0.29, 0.717) is 6.42 Å². The molecule has 0 spiro atoms. The third kappa shape index (κ3) is 3.77. The van der Waals surface area contributed by atoms with Gasteiger partial charge in [-0.05, 0) is 31.9 Å². The van der Waals surface area contributed by atoms with Gasteiger partial charge in [-0.3, -0.25) is 9.59 Å². The van der Waals surface area contributed by atoms with E-state index < -0.39 is 23.5 Å². The van der Waals surface area contributed by atoms with Crippen molar-refractivity contribution in [2.24, 2.45) is 5.92 Å². The van der Waals surface area contributed by atoms with Gasteiger partial charge in [0.2, 0.25) is 0 Å². The summed E-state index contributed by atoms with van der Waals surface area (Å²) in [4.78, 5) is 23.1. The maximum atomic E-state index is 13.6. The van der Waals surface area contributed by atoms with Gasteiger partial charge in [0, 0.05) is 12.0 Å². The van der Waals surface area contributed by atoms with Crippen LogP contribution in [0.25, 0.3) is 0 Å². The monoisotopic (exact) mass is 297 g/mol. The molecule has 1 aromatic rings. The molecule has 1 amide bonds. The Morgan fingerprint density at radius 2 is 2.10 bits per heavy atom. The van der Waals surface area contributed by atoms with Crippen molar-refractivity contribution >= 4 is 11.9 Å². The Labute approximate surface area is 121 Å². The van der Waals surface area contributed by atoms with E-state index in [1.807, 2.05) is 0 Å². The number of amides is 1. The first-order valence-corrected chi connectivity index (χ1v) is 6.80. The summed E-state index contributed by atoms with van der Waals surface area (Å²) in [7, 11) is 0. The van der Waals surface area contributed by atoms with Crippen LogP contribution in [0.5, 0.6) is 0 Å². The predicted molar refractivity (Wildman–Crippen MR) is 71.4 cm³/mol. The summed E-state index contributed by atoms with van der Waals surface area (Å²) < 4.78 is 31.6. The lowest BCUT2D eigenvalue weighted by atomic mass is 10.1. The second kappa shape index (κ2) is 6.20. The molecule has 1 aliphatic rings. The molecular formula is C15H17F2NO3. The van der Waals surface area contributed by atoms with Gasteiger partial charge in [0.25, 0.3) is 5.91 Å². The fourth-order valence-corrected chi connectivity index (χ4v) is 2.21. The highest BCUT2D eigenvalue weighted by molar-refractivity contribution is 5.83. The minimum absolute atomic E-state index is 0.0359. The zero-order valence-electron chi connectivity index (χ0n) is 11.9. The molecule has 0 bridgehead atoms. The molecule has 1 saturated carbocycles. The fraction of sp³-hybridized carbons (Fsp3) is 0.467. The van der Waals surface area contributed by atoms with Crippen LogP contribution >= 0.6 is 0 Å². The molecule has 6 heteroatoms. The molecule has 2 atom stereocenters. The first kappa shape index (κ1) is 15.4. The number of carbonyl (C=O) groups is 2. The predicted octanol–water partition coefficient (Wildman–Crippen LogP) is 2.14. The van der Waals surface area contributed by atoms with Gasteiger partial charge in [-0.25, -0.2) is 8.78 Å². The Bertz CT molecular complexity index is 560. The lowest BCUT2D eigenvalue weighted by Crippen LogP contribution is -2.34. The molecule has 1 fully saturated rings. The first-order chi connectivity index (χ1) is 9.90. The zero-order valence-corrected chi connectivity index (χ0v) is 11.9. The third-order valence-corrected chi connectivity index (χ3v) is 3.27. The number of carbonyl (C=O) groups excluding carboxylic acids is 2. The molecule has 0 heterocycles. The molecule has 0 radical (unpaired) electrons. The van der Waals surface area contributed by atoms with Gasteiger partial charge in [-0.1, -0.05) is 12.1 Å². The van der Waals surface area contributed by atoms with E-state index in [1.54, 1.807) is 13.8 Å². The number of hydrogen-bond acceptors (Lipinski definition) is 3. The van der Waals surface area contributed by atoms with E-state index in [2.05, 4.69) is 5.32 Å². The average molecular weight is 297 g/mol. The molecule has 4 nitrogen and oxygen atoms in total. The normalized spacial score (nSPS) is 20.2. The SMILES string of the molecule is CC(C)NC(=O)COC(=O)C1CC1c1cccc(F)c1F. The van der Waals surface area contributed by atoms with Crippen molar-refractivity contribution in [3.05, 3.63) is 35.4 Å². The second-order valence-electron chi connectivity index (χ2n) is 5.42. The number of nitrogens with one attached hydrogen (secondary N) is 1. The molecule has 0 aliphatic heterocycles. The maximum absolute atomic E-state index is 13.6. The number of rotatable bonds is 5. The Morgan fingerprint density at radius 3 is 2.76 bits per heavy atom. The van der Waals surface area contributed by atoms with E-state index in [9.17, 15) is 18.4 Å². The number of halogens is 2. The van der Waals surface area contributed by atoms with Crippen LogP contribution < -0.4 is 5.32 Å². The van der Waals surface area contributed by atoms with Gasteiger partial charge < -0.3 is 10.1 Å². The van der Waals surface area contributed by atoms with Crippen molar-refractivity contribution in [2.75, 3.05) is 6.61 Å². The third-order valence-electron chi connectivity index (χ3n) is 3.27. The van der Waals surface area contributed by atoms with E-state index in [0.717, 1.165) is 6.07 Å². The smallest absolute Gasteiger partial charge is 0.310 e. The molecule has 0 saturated heterocycles. The van der Waals surface area contributed by atoms with E-state index >= 15 is 0 Å². The summed E-state index contributed by atoms with van der Waals surface area (Å²) in [5, 5.41) is 2.59. The van der Waals surface area contributed by atoms with Crippen LogP contribution in [0.4, 0.5) is 8.78 Å². The van der Waals surface area contributed by atoms with E-state index in [1.165, 1.54) is 12.1 Å². The lowest BCUT2D eigenvalue weighted by molar-refractivity contribution is -0.150. The lowest BCUT2D eigenvalue weighted by Gasteiger charge is -2.09. The Hall–Kier alpha value is -1.98. The highest BCUT2D eigenvalue weighted by Gasteiger charge is 2.46. The quantitative estimate of drug-likeness (QED) is 0.847. The molecule has 1 N–H and O–H groups in total. The van der Waals surface area contributed by atoms with Crippen molar-refractivity contribution in [2.45, 2.75) is 32.2 Å². The number of benzene rings is 1. The molecule has 0 aromatic heterocycles. The molecule has 21 heavy (non-hydrogen) atoms. The van der Waals surface area contributed by atoms with Gasteiger partial charge in [-0.15, -0.1) is 0 Å². The Morgan fingerprint density at radius 1 is 1.38 bits per heavy atom. The Balaban J connectivity index is 1.87. The topological polar surface area (TPSA) is 55.4 Å². The van der Waals surface area contributed by atoms with Crippen molar-refractivity contribution in [3.63, 3.8) is 0 Å². The molecular weight excluding hydrogens is 280 g/mol. The zero-order chi connectivity index (χ0) is 15.6. The average Bonchev–Trinajstić information content (AvgIpc) is 3.18. The summed E-state index contributed by atoms with van der Waals surface area (Å²) in [5.41, 5.74) is 0.184. The summed E-state index contributed by atoms with van der Waals surface area (Å²) in [5.74, 6) is -3.66.